The third-order valence-electron chi connectivity index (χ3n) is 2.98. The van der Waals surface area contributed by atoms with E-state index in [0.717, 1.165) is 25.9 Å². The first-order valence-electron chi connectivity index (χ1n) is 5.96. The van der Waals surface area contributed by atoms with Crippen molar-refractivity contribution in [1.29, 1.82) is 0 Å². The molecule has 2 rings (SSSR count). The molecular weight excluding hydrogens is 216 g/mol. The van der Waals surface area contributed by atoms with Gasteiger partial charge in [-0.3, -0.25) is 4.79 Å². The van der Waals surface area contributed by atoms with Gasteiger partial charge in [0.25, 0.3) is 5.91 Å². The fraction of sp³-hybridized carbons (Fsp3) is 0.462. The molecule has 1 fully saturated rings. The van der Waals surface area contributed by atoms with Crippen LogP contribution in [0.2, 0.25) is 0 Å². The van der Waals surface area contributed by atoms with Crippen molar-refractivity contribution in [3.8, 4) is 5.75 Å². The SMILES string of the molecule is COc1ccccc1C(=O)N[C@H]1CCCNC1. The highest BCUT2D eigenvalue weighted by Crippen LogP contribution is 2.17. The second-order valence-electron chi connectivity index (χ2n) is 4.22. The first kappa shape index (κ1) is 11.9. The lowest BCUT2D eigenvalue weighted by atomic mass is 10.1. The lowest BCUT2D eigenvalue weighted by molar-refractivity contribution is 0.0927. The monoisotopic (exact) mass is 234 g/mol. The largest absolute Gasteiger partial charge is 0.496 e. The second kappa shape index (κ2) is 5.68. The molecule has 1 heterocycles. The summed E-state index contributed by atoms with van der Waals surface area (Å²) in [6, 6.07) is 7.51. The number of benzene rings is 1. The van der Waals surface area contributed by atoms with Crippen molar-refractivity contribution < 1.29 is 9.53 Å². The number of hydrogen-bond acceptors (Lipinski definition) is 3. The Hall–Kier alpha value is -1.55. The van der Waals surface area contributed by atoms with Gasteiger partial charge in [-0.2, -0.15) is 0 Å². The highest BCUT2D eigenvalue weighted by molar-refractivity contribution is 5.97. The van der Waals surface area contributed by atoms with Crippen molar-refractivity contribution in [3.63, 3.8) is 0 Å². The molecule has 4 nitrogen and oxygen atoms in total. The zero-order valence-corrected chi connectivity index (χ0v) is 10.0. The molecule has 0 spiro atoms. The molecule has 17 heavy (non-hydrogen) atoms. The summed E-state index contributed by atoms with van der Waals surface area (Å²) in [5, 5.41) is 6.30. The zero-order chi connectivity index (χ0) is 12.1. The van der Waals surface area contributed by atoms with E-state index in [2.05, 4.69) is 10.6 Å². The molecule has 0 saturated carbocycles. The predicted molar refractivity (Wildman–Crippen MR) is 66.4 cm³/mol. The molecule has 0 aromatic heterocycles. The van der Waals surface area contributed by atoms with Crippen LogP contribution in [0.4, 0.5) is 0 Å². The first-order valence-corrected chi connectivity index (χ1v) is 5.96. The summed E-state index contributed by atoms with van der Waals surface area (Å²) in [4.78, 5) is 12.1. The van der Waals surface area contributed by atoms with Gasteiger partial charge in [-0.05, 0) is 31.5 Å². The number of carbonyl (C=O) groups is 1. The van der Waals surface area contributed by atoms with E-state index in [1.54, 1.807) is 19.2 Å². The van der Waals surface area contributed by atoms with Crippen LogP contribution in [-0.2, 0) is 0 Å². The van der Waals surface area contributed by atoms with Crippen LogP contribution < -0.4 is 15.4 Å². The van der Waals surface area contributed by atoms with Crippen LogP contribution in [0.5, 0.6) is 5.75 Å². The van der Waals surface area contributed by atoms with E-state index in [4.69, 9.17) is 4.74 Å². The van der Waals surface area contributed by atoms with Gasteiger partial charge in [0.05, 0.1) is 12.7 Å². The maximum absolute atomic E-state index is 12.1. The summed E-state index contributed by atoms with van der Waals surface area (Å²) in [6.45, 7) is 1.89. The van der Waals surface area contributed by atoms with Crippen molar-refractivity contribution >= 4 is 5.91 Å². The fourth-order valence-electron chi connectivity index (χ4n) is 2.07. The topological polar surface area (TPSA) is 50.4 Å². The molecule has 2 N–H and O–H groups in total. The quantitative estimate of drug-likeness (QED) is 0.825. The van der Waals surface area contributed by atoms with Gasteiger partial charge >= 0.3 is 0 Å². The minimum absolute atomic E-state index is 0.0591. The van der Waals surface area contributed by atoms with Crippen LogP contribution in [0.3, 0.4) is 0 Å². The van der Waals surface area contributed by atoms with Gasteiger partial charge in [-0.25, -0.2) is 0 Å². The third kappa shape index (κ3) is 2.97. The number of rotatable bonds is 3. The summed E-state index contributed by atoms with van der Waals surface area (Å²) in [5.41, 5.74) is 0.598. The number of para-hydroxylation sites is 1. The molecule has 1 amide bonds. The van der Waals surface area contributed by atoms with Crippen LogP contribution in [0.15, 0.2) is 24.3 Å². The molecule has 1 aromatic rings. The van der Waals surface area contributed by atoms with Gasteiger partial charge in [0.15, 0.2) is 0 Å². The maximum Gasteiger partial charge on any atom is 0.255 e. The summed E-state index contributed by atoms with van der Waals surface area (Å²) in [7, 11) is 1.58. The normalized spacial score (nSPS) is 19.7. The Kier molecular flexibility index (Phi) is 3.98. The molecule has 1 aliphatic heterocycles. The Labute approximate surface area is 101 Å². The van der Waals surface area contributed by atoms with Crippen LogP contribution in [-0.4, -0.2) is 32.1 Å². The highest BCUT2D eigenvalue weighted by Gasteiger charge is 2.18. The summed E-state index contributed by atoms with van der Waals surface area (Å²) < 4.78 is 5.18. The van der Waals surface area contributed by atoms with Crippen molar-refractivity contribution in [2.24, 2.45) is 0 Å². The van der Waals surface area contributed by atoms with Crippen LogP contribution in [0.1, 0.15) is 23.2 Å². The number of hydrogen-bond donors (Lipinski definition) is 2. The molecule has 1 aliphatic rings. The summed E-state index contributed by atoms with van der Waals surface area (Å²) in [6.07, 6.45) is 2.14. The van der Waals surface area contributed by atoms with E-state index >= 15 is 0 Å². The standard InChI is InChI=1S/C13H18N2O2/c1-17-12-7-3-2-6-11(12)13(16)15-10-5-4-8-14-9-10/h2-3,6-7,10,14H,4-5,8-9H2,1H3,(H,15,16)/t10-/m0/s1. The van der Waals surface area contributed by atoms with Crippen molar-refractivity contribution in [2.75, 3.05) is 20.2 Å². The Bertz CT molecular complexity index is 387. The minimum atomic E-state index is -0.0591. The maximum atomic E-state index is 12.1. The molecule has 0 radical (unpaired) electrons. The molecule has 0 bridgehead atoms. The van der Waals surface area contributed by atoms with E-state index in [0.29, 0.717) is 11.3 Å². The lowest BCUT2D eigenvalue weighted by Gasteiger charge is -2.24. The van der Waals surface area contributed by atoms with Gasteiger partial charge in [0, 0.05) is 12.6 Å². The van der Waals surface area contributed by atoms with E-state index in [1.807, 2.05) is 12.1 Å². The Balaban J connectivity index is 2.03. The number of carbonyl (C=O) groups excluding carboxylic acids is 1. The Morgan fingerprint density at radius 2 is 2.29 bits per heavy atom. The highest BCUT2D eigenvalue weighted by atomic mass is 16.5. The number of ether oxygens (including phenoxy) is 1. The van der Waals surface area contributed by atoms with Gasteiger partial charge in [-0.15, -0.1) is 0 Å². The lowest BCUT2D eigenvalue weighted by Crippen LogP contribution is -2.45. The number of piperidine rings is 1. The van der Waals surface area contributed by atoms with Crippen LogP contribution in [0.25, 0.3) is 0 Å². The average molecular weight is 234 g/mol. The molecule has 1 atom stereocenters. The van der Waals surface area contributed by atoms with Crippen LogP contribution >= 0.6 is 0 Å². The van der Waals surface area contributed by atoms with E-state index in [9.17, 15) is 4.79 Å². The smallest absolute Gasteiger partial charge is 0.255 e. The van der Waals surface area contributed by atoms with Crippen molar-refractivity contribution in [2.45, 2.75) is 18.9 Å². The van der Waals surface area contributed by atoms with Gasteiger partial charge < -0.3 is 15.4 Å². The van der Waals surface area contributed by atoms with E-state index < -0.39 is 0 Å². The van der Waals surface area contributed by atoms with Gasteiger partial charge in [0.2, 0.25) is 0 Å². The first-order chi connectivity index (χ1) is 8.31. The van der Waals surface area contributed by atoms with Crippen LogP contribution in [0, 0.1) is 0 Å². The Morgan fingerprint density at radius 1 is 1.47 bits per heavy atom. The molecule has 1 aromatic carbocycles. The van der Waals surface area contributed by atoms with Gasteiger partial charge in [-0.1, -0.05) is 12.1 Å². The number of methoxy groups -OCH3 is 1. The average Bonchev–Trinajstić information content (AvgIpc) is 2.40. The molecule has 0 aliphatic carbocycles. The van der Waals surface area contributed by atoms with Crippen molar-refractivity contribution in [1.82, 2.24) is 10.6 Å². The number of nitrogens with one attached hydrogen (secondary N) is 2. The van der Waals surface area contributed by atoms with Gasteiger partial charge in [0.1, 0.15) is 5.75 Å². The van der Waals surface area contributed by atoms with E-state index in [1.165, 1.54) is 0 Å². The third-order valence-corrected chi connectivity index (χ3v) is 2.98. The van der Waals surface area contributed by atoms with E-state index in [-0.39, 0.29) is 11.9 Å². The summed E-state index contributed by atoms with van der Waals surface area (Å²) in [5.74, 6) is 0.560. The molecule has 4 heteroatoms. The minimum Gasteiger partial charge on any atom is -0.496 e. The molecule has 1 saturated heterocycles. The number of amides is 1. The molecule has 0 unspecified atom stereocenters. The fourth-order valence-corrected chi connectivity index (χ4v) is 2.07. The Morgan fingerprint density at radius 3 is 3.00 bits per heavy atom. The predicted octanol–water partition coefficient (Wildman–Crippen LogP) is 1.18. The summed E-state index contributed by atoms with van der Waals surface area (Å²) >= 11 is 0. The zero-order valence-electron chi connectivity index (χ0n) is 10.0. The molecule has 92 valence electrons. The molecular formula is C13H18N2O2. The second-order valence-corrected chi connectivity index (χ2v) is 4.22. The van der Waals surface area contributed by atoms with Crippen molar-refractivity contribution in [3.05, 3.63) is 29.8 Å².